The standard InChI is InChI=1S/C19H31N3O3/c1-14(23)13-21-9-11-22(12-10-21)16(3)19(24)20-15(2)17-7-5-6-8-18(17)25-4/h5-8,14-16,23H,9-13H2,1-4H3,(H,20,24)/t14-,15-,16+/m0/s1. The molecule has 1 aliphatic rings. The molecule has 1 aliphatic heterocycles. The van der Waals surface area contributed by atoms with Crippen molar-refractivity contribution in [2.24, 2.45) is 0 Å². The minimum atomic E-state index is -0.311. The lowest BCUT2D eigenvalue weighted by atomic mass is 10.1. The quantitative estimate of drug-likeness (QED) is 0.776. The summed E-state index contributed by atoms with van der Waals surface area (Å²) in [5.41, 5.74) is 0.979. The van der Waals surface area contributed by atoms with E-state index in [1.807, 2.05) is 45.0 Å². The van der Waals surface area contributed by atoms with Crippen molar-refractivity contribution in [2.75, 3.05) is 39.8 Å². The number of rotatable bonds is 7. The number of ether oxygens (including phenoxy) is 1. The molecule has 1 heterocycles. The van der Waals surface area contributed by atoms with Gasteiger partial charge in [-0.05, 0) is 26.8 Å². The Kier molecular flexibility index (Phi) is 7.23. The molecule has 6 heteroatoms. The summed E-state index contributed by atoms with van der Waals surface area (Å²) >= 11 is 0. The van der Waals surface area contributed by atoms with Crippen LogP contribution < -0.4 is 10.1 Å². The van der Waals surface area contributed by atoms with Crippen molar-refractivity contribution in [1.82, 2.24) is 15.1 Å². The SMILES string of the molecule is COc1ccccc1[C@H](C)NC(=O)[C@@H](C)N1CCN(C[C@H](C)O)CC1. The van der Waals surface area contributed by atoms with Gasteiger partial charge in [0, 0.05) is 38.3 Å². The van der Waals surface area contributed by atoms with Gasteiger partial charge < -0.3 is 15.2 Å². The van der Waals surface area contributed by atoms with E-state index in [4.69, 9.17) is 4.74 Å². The number of para-hydroxylation sites is 1. The summed E-state index contributed by atoms with van der Waals surface area (Å²) < 4.78 is 5.38. The van der Waals surface area contributed by atoms with Gasteiger partial charge in [-0.2, -0.15) is 0 Å². The third-order valence-corrected chi connectivity index (χ3v) is 4.82. The maximum atomic E-state index is 12.6. The summed E-state index contributed by atoms with van der Waals surface area (Å²) in [5.74, 6) is 0.817. The molecule has 1 aromatic rings. The van der Waals surface area contributed by atoms with Gasteiger partial charge in [-0.25, -0.2) is 0 Å². The molecule has 6 nitrogen and oxygen atoms in total. The molecule has 0 aliphatic carbocycles. The van der Waals surface area contributed by atoms with Crippen molar-refractivity contribution in [3.8, 4) is 5.75 Å². The van der Waals surface area contributed by atoms with E-state index < -0.39 is 0 Å². The van der Waals surface area contributed by atoms with Gasteiger partial charge in [-0.3, -0.25) is 14.6 Å². The van der Waals surface area contributed by atoms with Crippen LogP contribution in [0.15, 0.2) is 24.3 Å². The van der Waals surface area contributed by atoms with Crippen molar-refractivity contribution in [1.29, 1.82) is 0 Å². The molecule has 0 saturated carbocycles. The normalized spacial score (nSPS) is 19.9. The van der Waals surface area contributed by atoms with Gasteiger partial charge in [-0.15, -0.1) is 0 Å². The number of nitrogens with zero attached hydrogens (tertiary/aromatic N) is 2. The second-order valence-electron chi connectivity index (χ2n) is 6.83. The van der Waals surface area contributed by atoms with Crippen LogP contribution in [-0.2, 0) is 4.79 Å². The van der Waals surface area contributed by atoms with Gasteiger partial charge in [0.15, 0.2) is 0 Å². The van der Waals surface area contributed by atoms with Crippen LogP contribution in [0.5, 0.6) is 5.75 Å². The number of nitrogens with one attached hydrogen (secondary N) is 1. The van der Waals surface area contributed by atoms with Gasteiger partial charge in [0.05, 0.1) is 25.3 Å². The highest BCUT2D eigenvalue weighted by Crippen LogP contribution is 2.24. The summed E-state index contributed by atoms with van der Waals surface area (Å²) in [7, 11) is 1.64. The third-order valence-electron chi connectivity index (χ3n) is 4.82. The maximum absolute atomic E-state index is 12.6. The van der Waals surface area contributed by atoms with Crippen LogP contribution in [0.1, 0.15) is 32.4 Å². The first-order valence-corrected chi connectivity index (χ1v) is 9.00. The van der Waals surface area contributed by atoms with Gasteiger partial charge >= 0.3 is 0 Å². The van der Waals surface area contributed by atoms with Gasteiger partial charge in [0.1, 0.15) is 5.75 Å². The molecule has 2 N–H and O–H groups in total. The van der Waals surface area contributed by atoms with Crippen LogP contribution in [0.3, 0.4) is 0 Å². The van der Waals surface area contributed by atoms with E-state index in [-0.39, 0.29) is 24.1 Å². The molecular formula is C19H31N3O3. The first-order valence-electron chi connectivity index (χ1n) is 9.00. The molecule has 0 aromatic heterocycles. The lowest BCUT2D eigenvalue weighted by Gasteiger charge is -2.38. The lowest BCUT2D eigenvalue weighted by molar-refractivity contribution is -0.127. The zero-order chi connectivity index (χ0) is 18.4. The second-order valence-corrected chi connectivity index (χ2v) is 6.83. The second kappa shape index (κ2) is 9.17. The van der Waals surface area contributed by atoms with E-state index in [1.54, 1.807) is 7.11 Å². The third kappa shape index (κ3) is 5.42. The minimum absolute atomic E-state index is 0.0300. The summed E-state index contributed by atoms with van der Waals surface area (Å²) in [6.07, 6.45) is -0.311. The summed E-state index contributed by atoms with van der Waals surface area (Å²) in [4.78, 5) is 17.1. The van der Waals surface area contributed by atoms with Gasteiger partial charge in [0.25, 0.3) is 0 Å². The molecule has 1 amide bonds. The van der Waals surface area contributed by atoms with E-state index >= 15 is 0 Å². The number of amides is 1. The smallest absolute Gasteiger partial charge is 0.237 e. The first kappa shape index (κ1) is 19.7. The van der Waals surface area contributed by atoms with Crippen LogP contribution in [0.25, 0.3) is 0 Å². The van der Waals surface area contributed by atoms with Crippen molar-refractivity contribution >= 4 is 5.91 Å². The van der Waals surface area contributed by atoms with Gasteiger partial charge in [-0.1, -0.05) is 18.2 Å². The highest BCUT2D eigenvalue weighted by molar-refractivity contribution is 5.81. The maximum Gasteiger partial charge on any atom is 0.237 e. The largest absolute Gasteiger partial charge is 0.496 e. The van der Waals surface area contributed by atoms with E-state index in [0.717, 1.165) is 37.5 Å². The minimum Gasteiger partial charge on any atom is -0.496 e. The Balaban J connectivity index is 1.88. The Morgan fingerprint density at radius 3 is 2.44 bits per heavy atom. The number of carbonyl (C=O) groups is 1. The zero-order valence-electron chi connectivity index (χ0n) is 15.7. The van der Waals surface area contributed by atoms with Gasteiger partial charge in [0.2, 0.25) is 5.91 Å². The fourth-order valence-electron chi connectivity index (χ4n) is 3.31. The number of hydrogen-bond acceptors (Lipinski definition) is 5. The molecule has 0 bridgehead atoms. The van der Waals surface area contributed by atoms with Crippen molar-refractivity contribution in [3.05, 3.63) is 29.8 Å². The van der Waals surface area contributed by atoms with Crippen LogP contribution in [-0.4, -0.2) is 72.8 Å². The predicted molar refractivity (Wildman–Crippen MR) is 98.7 cm³/mol. The lowest BCUT2D eigenvalue weighted by Crippen LogP contribution is -2.54. The predicted octanol–water partition coefficient (Wildman–Crippen LogP) is 1.26. The Bertz CT molecular complexity index is 557. The van der Waals surface area contributed by atoms with Crippen molar-refractivity contribution in [3.63, 3.8) is 0 Å². The van der Waals surface area contributed by atoms with Crippen LogP contribution >= 0.6 is 0 Å². The average Bonchev–Trinajstić information content (AvgIpc) is 2.61. The number of hydrogen-bond donors (Lipinski definition) is 2. The molecule has 0 unspecified atom stereocenters. The molecule has 0 spiro atoms. The highest BCUT2D eigenvalue weighted by Gasteiger charge is 2.27. The Morgan fingerprint density at radius 2 is 1.84 bits per heavy atom. The number of benzene rings is 1. The van der Waals surface area contributed by atoms with Crippen LogP contribution in [0, 0.1) is 0 Å². The summed E-state index contributed by atoms with van der Waals surface area (Å²) in [6.45, 7) is 9.86. The van der Waals surface area contributed by atoms with Crippen molar-refractivity contribution < 1.29 is 14.6 Å². The van der Waals surface area contributed by atoms with E-state index in [2.05, 4.69) is 15.1 Å². The number of aliphatic hydroxyl groups is 1. The Labute approximate surface area is 150 Å². The summed E-state index contributed by atoms with van der Waals surface area (Å²) in [6, 6.07) is 7.47. The molecule has 3 atom stereocenters. The first-order chi connectivity index (χ1) is 11.9. The van der Waals surface area contributed by atoms with E-state index in [0.29, 0.717) is 6.54 Å². The molecule has 140 valence electrons. The van der Waals surface area contributed by atoms with Crippen molar-refractivity contribution in [2.45, 2.75) is 39.0 Å². The fourth-order valence-corrected chi connectivity index (χ4v) is 3.31. The Hall–Kier alpha value is -1.63. The number of aliphatic hydroxyl groups excluding tert-OH is 1. The topological polar surface area (TPSA) is 65.0 Å². The number of β-amino-alcohol motifs (C(OH)–C–C–N with tert-alkyl or cyclic N) is 1. The molecule has 1 saturated heterocycles. The average molecular weight is 349 g/mol. The summed E-state index contributed by atoms with van der Waals surface area (Å²) in [5, 5.41) is 12.6. The van der Waals surface area contributed by atoms with E-state index in [1.165, 1.54) is 0 Å². The molecule has 1 aromatic carbocycles. The Morgan fingerprint density at radius 1 is 1.20 bits per heavy atom. The zero-order valence-corrected chi connectivity index (χ0v) is 15.7. The molecule has 0 radical (unpaired) electrons. The number of carbonyl (C=O) groups excluding carboxylic acids is 1. The monoisotopic (exact) mass is 349 g/mol. The molecular weight excluding hydrogens is 318 g/mol. The fraction of sp³-hybridized carbons (Fsp3) is 0.632. The molecule has 25 heavy (non-hydrogen) atoms. The molecule has 1 fully saturated rings. The van der Waals surface area contributed by atoms with E-state index in [9.17, 15) is 9.90 Å². The van der Waals surface area contributed by atoms with Crippen LogP contribution in [0.2, 0.25) is 0 Å². The number of methoxy groups -OCH3 is 1. The number of piperazine rings is 1. The molecule has 2 rings (SSSR count). The van der Waals surface area contributed by atoms with Crippen LogP contribution in [0.4, 0.5) is 0 Å². The highest BCUT2D eigenvalue weighted by atomic mass is 16.5.